The van der Waals surface area contributed by atoms with Crippen LogP contribution in [0.1, 0.15) is 45.1 Å². The highest BCUT2D eigenvalue weighted by Gasteiger charge is 2.34. The van der Waals surface area contributed by atoms with Crippen LogP contribution < -0.4 is 5.32 Å². The first-order valence-corrected chi connectivity index (χ1v) is 7.42. The first-order valence-electron chi connectivity index (χ1n) is 7.42. The lowest BCUT2D eigenvalue weighted by Crippen LogP contribution is -2.41. The summed E-state index contributed by atoms with van der Waals surface area (Å²) in [5.41, 5.74) is 1.53. The molecule has 5 heteroatoms. The van der Waals surface area contributed by atoms with E-state index in [9.17, 15) is 4.79 Å². The van der Waals surface area contributed by atoms with Crippen LogP contribution in [0, 0.1) is 18.8 Å². The predicted molar refractivity (Wildman–Crippen MR) is 76.5 cm³/mol. The van der Waals surface area contributed by atoms with E-state index in [2.05, 4.69) is 24.3 Å². The molecule has 2 atom stereocenters. The van der Waals surface area contributed by atoms with Crippen LogP contribution >= 0.6 is 0 Å². The third-order valence-corrected chi connectivity index (χ3v) is 3.88. The monoisotopic (exact) mass is 280 g/mol. The van der Waals surface area contributed by atoms with E-state index < -0.39 is 0 Å². The minimum Gasteiger partial charge on any atom is -0.377 e. The Kier molecular flexibility index (Phi) is 4.81. The summed E-state index contributed by atoms with van der Waals surface area (Å²) < 4.78 is 10.9. The fourth-order valence-electron chi connectivity index (χ4n) is 2.78. The zero-order valence-electron chi connectivity index (χ0n) is 12.7. The Morgan fingerprint density at radius 2 is 2.25 bits per heavy atom. The number of anilines is 1. The average Bonchev–Trinajstić information content (AvgIpc) is 2.79. The zero-order chi connectivity index (χ0) is 14.7. The maximum absolute atomic E-state index is 12.5. The predicted octanol–water partition coefficient (Wildman–Crippen LogP) is 2.94. The van der Waals surface area contributed by atoms with Crippen LogP contribution in [-0.2, 0) is 16.0 Å². The maximum Gasteiger partial charge on any atom is 0.230 e. The number of nitrogens with zero attached hydrogens (tertiary/aromatic N) is 1. The largest absolute Gasteiger partial charge is 0.377 e. The van der Waals surface area contributed by atoms with Crippen LogP contribution in [0.25, 0.3) is 0 Å². The molecule has 1 aromatic heterocycles. The van der Waals surface area contributed by atoms with E-state index in [1.165, 1.54) is 0 Å². The molecule has 5 nitrogen and oxygen atoms in total. The van der Waals surface area contributed by atoms with E-state index in [0.29, 0.717) is 11.7 Å². The number of hydrogen-bond acceptors (Lipinski definition) is 4. The maximum atomic E-state index is 12.5. The van der Waals surface area contributed by atoms with Gasteiger partial charge in [-0.1, -0.05) is 25.9 Å². The van der Waals surface area contributed by atoms with Gasteiger partial charge in [0.2, 0.25) is 5.91 Å². The van der Waals surface area contributed by atoms with E-state index in [1.54, 1.807) is 0 Å². The molecule has 1 aromatic rings. The molecule has 0 aromatic carbocycles. The van der Waals surface area contributed by atoms with Gasteiger partial charge in [0.15, 0.2) is 5.76 Å². The Hall–Kier alpha value is -1.36. The summed E-state index contributed by atoms with van der Waals surface area (Å²) in [6, 6.07) is 0. The molecule has 0 bridgehead atoms. The molecular weight excluding hydrogens is 256 g/mol. The summed E-state index contributed by atoms with van der Waals surface area (Å²) >= 11 is 0. The third-order valence-electron chi connectivity index (χ3n) is 3.88. The molecule has 1 amide bonds. The molecule has 0 unspecified atom stereocenters. The van der Waals surface area contributed by atoms with Gasteiger partial charge in [0.1, 0.15) is 11.4 Å². The van der Waals surface area contributed by atoms with Crippen molar-refractivity contribution in [1.82, 2.24) is 5.16 Å². The summed E-state index contributed by atoms with van der Waals surface area (Å²) in [7, 11) is 0. The van der Waals surface area contributed by atoms with Gasteiger partial charge >= 0.3 is 0 Å². The molecule has 112 valence electrons. The summed E-state index contributed by atoms with van der Waals surface area (Å²) in [5.74, 6) is 0.917. The van der Waals surface area contributed by atoms with Crippen molar-refractivity contribution in [2.75, 3.05) is 11.9 Å². The average molecular weight is 280 g/mol. The van der Waals surface area contributed by atoms with Crippen LogP contribution in [0.3, 0.4) is 0 Å². The van der Waals surface area contributed by atoms with Crippen molar-refractivity contribution in [1.29, 1.82) is 0 Å². The lowest BCUT2D eigenvalue weighted by molar-refractivity contribution is -0.131. The highest BCUT2D eigenvalue weighted by Crippen LogP contribution is 2.29. The number of ether oxygens (including phenoxy) is 1. The van der Waals surface area contributed by atoms with E-state index in [1.807, 2.05) is 13.8 Å². The van der Waals surface area contributed by atoms with Crippen LogP contribution in [0.2, 0.25) is 0 Å². The van der Waals surface area contributed by atoms with E-state index in [4.69, 9.17) is 9.26 Å². The number of nitrogens with one attached hydrogen (secondary N) is 1. The number of aryl methyl sites for hydroxylation is 2. The van der Waals surface area contributed by atoms with Crippen molar-refractivity contribution in [2.24, 2.45) is 11.8 Å². The molecule has 0 saturated carbocycles. The molecule has 1 fully saturated rings. The summed E-state index contributed by atoms with van der Waals surface area (Å²) in [5, 5.41) is 6.95. The van der Waals surface area contributed by atoms with Crippen LogP contribution in [0.15, 0.2) is 4.52 Å². The summed E-state index contributed by atoms with van der Waals surface area (Å²) in [6.07, 6.45) is 2.54. The number of carbonyl (C=O) groups excluding carboxylic acids is 1. The molecule has 1 N–H and O–H groups in total. The summed E-state index contributed by atoms with van der Waals surface area (Å²) in [4.78, 5) is 12.5. The smallest absolute Gasteiger partial charge is 0.230 e. The van der Waals surface area contributed by atoms with E-state index >= 15 is 0 Å². The third kappa shape index (κ3) is 3.03. The Bertz CT molecular complexity index is 468. The van der Waals surface area contributed by atoms with Crippen molar-refractivity contribution in [3.05, 3.63) is 11.5 Å². The second kappa shape index (κ2) is 6.39. The van der Waals surface area contributed by atoms with Crippen molar-refractivity contribution >= 4 is 11.6 Å². The zero-order valence-corrected chi connectivity index (χ0v) is 12.7. The van der Waals surface area contributed by atoms with Gasteiger partial charge in [0.25, 0.3) is 0 Å². The lowest BCUT2D eigenvalue weighted by atomic mass is 9.86. The number of rotatable bonds is 4. The molecule has 1 aliphatic rings. The SMILES string of the molecule is CCc1noc(C)c1NC(=O)[C@H]1CCCO[C@H]1C(C)C. The van der Waals surface area contributed by atoms with Crippen LogP contribution in [0.4, 0.5) is 5.69 Å². The van der Waals surface area contributed by atoms with Crippen LogP contribution in [0.5, 0.6) is 0 Å². The fourth-order valence-corrected chi connectivity index (χ4v) is 2.78. The molecule has 1 saturated heterocycles. The normalized spacial score (nSPS) is 23.1. The van der Waals surface area contributed by atoms with Gasteiger partial charge in [0, 0.05) is 6.61 Å². The van der Waals surface area contributed by atoms with Gasteiger partial charge in [-0.3, -0.25) is 4.79 Å². The van der Waals surface area contributed by atoms with Crippen molar-refractivity contribution < 1.29 is 14.1 Å². The van der Waals surface area contributed by atoms with Gasteiger partial charge < -0.3 is 14.6 Å². The summed E-state index contributed by atoms with van der Waals surface area (Å²) in [6.45, 7) is 8.75. The Morgan fingerprint density at radius 3 is 2.90 bits per heavy atom. The Labute approximate surface area is 120 Å². The molecule has 1 aliphatic heterocycles. The molecule has 0 spiro atoms. The molecular formula is C15H24N2O3. The molecule has 20 heavy (non-hydrogen) atoms. The van der Waals surface area contributed by atoms with Crippen molar-refractivity contribution in [3.8, 4) is 0 Å². The van der Waals surface area contributed by atoms with Gasteiger partial charge in [-0.05, 0) is 32.1 Å². The lowest BCUT2D eigenvalue weighted by Gasteiger charge is -2.33. The van der Waals surface area contributed by atoms with Gasteiger partial charge in [0.05, 0.1) is 12.0 Å². The standard InChI is InChI=1S/C15H24N2O3/c1-5-12-13(10(4)20-17-12)16-15(18)11-7-6-8-19-14(11)9(2)3/h9,11,14H,5-8H2,1-4H3,(H,16,18)/t11-,14-/m0/s1. The minimum absolute atomic E-state index is 0.00556. The number of aromatic nitrogens is 1. The second-order valence-corrected chi connectivity index (χ2v) is 5.73. The molecule has 0 aliphatic carbocycles. The highest BCUT2D eigenvalue weighted by atomic mass is 16.5. The van der Waals surface area contributed by atoms with Gasteiger partial charge in [-0.2, -0.15) is 0 Å². The molecule has 0 radical (unpaired) electrons. The highest BCUT2D eigenvalue weighted by molar-refractivity contribution is 5.94. The van der Waals surface area contributed by atoms with Gasteiger partial charge in [-0.15, -0.1) is 0 Å². The Morgan fingerprint density at radius 1 is 1.50 bits per heavy atom. The quantitative estimate of drug-likeness (QED) is 0.921. The topological polar surface area (TPSA) is 64.4 Å². The molecule has 2 heterocycles. The van der Waals surface area contributed by atoms with Crippen LogP contribution in [-0.4, -0.2) is 23.8 Å². The number of carbonyl (C=O) groups is 1. The van der Waals surface area contributed by atoms with Crippen molar-refractivity contribution in [2.45, 2.75) is 53.1 Å². The first-order chi connectivity index (χ1) is 9.54. The fraction of sp³-hybridized carbons (Fsp3) is 0.733. The Balaban J connectivity index is 2.12. The van der Waals surface area contributed by atoms with Gasteiger partial charge in [-0.25, -0.2) is 0 Å². The van der Waals surface area contributed by atoms with E-state index in [-0.39, 0.29) is 17.9 Å². The first kappa shape index (κ1) is 15.0. The molecule has 2 rings (SSSR count). The second-order valence-electron chi connectivity index (χ2n) is 5.73. The van der Waals surface area contributed by atoms with Crippen molar-refractivity contribution in [3.63, 3.8) is 0 Å². The minimum atomic E-state index is -0.0947. The number of amides is 1. The van der Waals surface area contributed by atoms with E-state index in [0.717, 1.165) is 37.3 Å². The number of hydrogen-bond donors (Lipinski definition) is 1.